The average Bonchev–Trinajstić information content (AvgIpc) is 3.09. The summed E-state index contributed by atoms with van der Waals surface area (Å²) in [7, 11) is 0. The highest BCUT2D eigenvalue weighted by Crippen LogP contribution is 2.15. The zero-order valence-electron chi connectivity index (χ0n) is 12.7. The first-order valence-electron chi connectivity index (χ1n) is 7.88. The van der Waals surface area contributed by atoms with Gasteiger partial charge in [-0.3, -0.25) is 9.69 Å². The number of piperazine rings is 1. The molecule has 0 amide bonds. The first-order valence-corrected chi connectivity index (χ1v) is 8.76. The number of benzene rings is 1. The Morgan fingerprint density at radius 2 is 2.09 bits per heavy atom. The van der Waals surface area contributed by atoms with E-state index in [1.54, 1.807) is 11.3 Å². The highest BCUT2D eigenvalue weighted by Gasteiger charge is 2.23. The molecule has 0 aliphatic carbocycles. The molecule has 0 saturated carbocycles. The van der Waals surface area contributed by atoms with Gasteiger partial charge in [-0.25, -0.2) is 0 Å². The van der Waals surface area contributed by atoms with Crippen molar-refractivity contribution in [1.29, 1.82) is 0 Å². The second-order valence-electron chi connectivity index (χ2n) is 5.73. The first-order chi connectivity index (χ1) is 10.8. The molecule has 1 unspecified atom stereocenters. The second-order valence-corrected chi connectivity index (χ2v) is 6.68. The Labute approximate surface area is 136 Å². The smallest absolute Gasteiger partial charge is 0.174 e. The Morgan fingerprint density at radius 1 is 1.23 bits per heavy atom. The number of carbonyl (C=O) groups excluding carboxylic acids is 1. The highest BCUT2D eigenvalue weighted by atomic mass is 32.1. The van der Waals surface area contributed by atoms with Crippen molar-refractivity contribution in [3.8, 4) is 0 Å². The van der Waals surface area contributed by atoms with Crippen molar-refractivity contribution in [3.05, 3.63) is 58.3 Å². The van der Waals surface area contributed by atoms with Crippen LogP contribution in [-0.2, 0) is 6.42 Å². The van der Waals surface area contributed by atoms with Crippen molar-refractivity contribution in [3.63, 3.8) is 0 Å². The molecule has 2 heterocycles. The van der Waals surface area contributed by atoms with E-state index in [1.165, 1.54) is 5.56 Å². The van der Waals surface area contributed by atoms with Crippen LogP contribution in [-0.4, -0.2) is 42.9 Å². The fourth-order valence-corrected chi connectivity index (χ4v) is 3.68. The predicted octanol–water partition coefficient (Wildman–Crippen LogP) is 2.84. The topological polar surface area (TPSA) is 32.3 Å². The van der Waals surface area contributed by atoms with Crippen LogP contribution in [0.2, 0.25) is 0 Å². The summed E-state index contributed by atoms with van der Waals surface area (Å²) in [6.45, 7) is 3.89. The zero-order valence-corrected chi connectivity index (χ0v) is 13.5. The van der Waals surface area contributed by atoms with Gasteiger partial charge in [0.1, 0.15) is 0 Å². The Hall–Kier alpha value is -1.49. The molecule has 1 aromatic carbocycles. The van der Waals surface area contributed by atoms with Crippen LogP contribution in [0.5, 0.6) is 0 Å². The van der Waals surface area contributed by atoms with Crippen molar-refractivity contribution in [2.24, 2.45) is 0 Å². The molecular formula is C18H22N2OS. The summed E-state index contributed by atoms with van der Waals surface area (Å²) in [6.07, 6.45) is 1.66. The van der Waals surface area contributed by atoms with Gasteiger partial charge in [-0.15, -0.1) is 11.3 Å². The summed E-state index contributed by atoms with van der Waals surface area (Å²) >= 11 is 1.54. The van der Waals surface area contributed by atoms with Gasteiger partial charge < -0.3 is 5.32 Å². The maximum Gasteiger partial charge on any atom is 0.174 e. The van der Waals surface area contributed by atoms with E-state index in [4.69, 9.17) is 0 Å². The molecule has 0 spiro atoms. The summed E-state index contributed by atoms with van der Waals surface area (Å²) in [4.78, 5) is 15.5. The SMILES string of the molecule is O=C(CCN1CCNCC1Cc1ccccc1)c1cccs1. The van der Waals surface area contributed by atoms with Gasteiger partial charge in [0.15, 0.2) is 5.78 Å². The van der Waals surface area contributed by atoms with Gasteiger partial charge in [-0.1, -0.05) is 36.4 Å². The molecule has 1 atom stereocenters. The molecule has 0 radical (unpaired) electrons. The Morgan fingerprint density at radius 3 is 2.86 bits per heavy atom. The Kier molecular flexibility index (Phi) is 5.38. The lowest BCUT2D eigenvalue weighted by Crippen LogP contribution is -2.52. The molecule has 116 valence electrons. The molecule has 22 heavy (non-hydrogen) atoms. The second kappa shape index (κ2) is 7.68. The van der Waals surface area contributed by atoms with Crippen LogP contribution in [0.3, 0.4) is 0 Å². The summed E-state index contributed by atoms with van der Waals surface area (Å²) in [5.41, 5.74) is 1.37. The number of rotatable bonds is 6. The Bertz CT molecular complexity index is 582. The van der Waals surface area contributed by atoms with E-state index in [0.29, 0.717) is 12.5 Å². The molecule has 3 rings (SSSR count). The number of Topliss-reactive ketones (excluding diaryl/α,β-unsaturated/α-hetero) is 1. The summed E-state index contributed by atoms with van der Waals surface area (Å²) < 4.78 is 0. The predicted molar refractivity (Wildman–Crippen MR) is 91.6 cm³/mol. The van der Waals surface area contributed by atoms with Gasteiger partial charge in [0.2, 0.25) is 0 Å². The quantitative estimate of drug-likeness (QED) is 0.832. The lowest BCUT2D eigenvalue weighted by atomic mass is 10.0. The lowest BCUT2D eigenvalue weighted by Gasteiger charge is -2.36. The van der Waals surface area contributed by atoms with E-state index in [-0.39, 0.29) is 5.78 Å². The van der Waals surface area contributed by atoms with Crippen LogP contribution in [0.4, 0.5) is 0 Å². The van der Waals surface area contributed by atoms with E-state index in [1.807, 2.05) is 17.5 Å². The first kappa shape index (κ1) is 15.4. The normalized spacial score (nSPS) is 19.2. The fraction of sp³-hybridized carbons (Fsp3) is 0.389. The van der Waals surface area contributed by atoms with Crippen LogP contribution in [0.15, 0.2) is 47.8 Å². The lowest BCUT2D eigenvalue weighted by molar-refractivity contribution is 0.0939. The number of ketones is 1. The summed E-state index contributed by atoms with van der Waals surface area (Å²) in [6, 6.07) is 15.0. The number of thiophene rings is 1. The molecule has 0 bridgehead atoms. The molecule has 1 aromatic heterocycles. The maximum atomic E-state index is 12.2. The number of hydrogen-bond donors (Lipinski definition) is 1. The van der Waals surface area contributed by atoms with Gasteiger partial charge in [-0.2, -0.15) is 0 Å². The van der Waals surface area contributed by atoms with Crippen molar-refractivity contribution >= 4 is 17.1 Å². The molecular weight excluding hydrogens is 292 g/mol. The number of hydrogen-bond acceptors (Lipinski definition) is 4. The van der Waals surface area contributed by atoms with E-state index >= 15 is 0 Å². The highest BCUT2D eigenvalue weighted by molar-refractivity contribution is 7.12. The van der Waals surface area contributed by atoms with Gasteiger partial charge in [0.05, 0.1) is 4.88 Å². The third-order valence-corrected chi connectivity index (χ3v) is 5.12. The van der Waals surface area contributed by atoms with Gasteiger partial charge in [0.25, 0.3) is 0 Å². The van der Waals surface area contributed by atoms with E-state index < -0.39 is 0 Å². The van der Waals surface area contributed by atoms with Crippen molar-refractivity contribution in [1.82, 2.24) is 10.2 Å². The molecule has 1 saturated heterocycles. The van der Waals surface area contributed by atoms with Crippen LogP contribution in [0.25, 0.3) is 0 Å². The summed E-state index contributed by atoms with van der Waals surface area (Å²) in [5.74, 6) is 0.270. The van der Waals surface area contributed by atoms with E-state index in [0.717, 1.165) is 37.5 Å². The standard InChI is InChI=1S/C18H22N2OS/c21-17(18-7-4-12-22-18)8-10-20-11-9-19-14-16(20)13-15-5-2-1-3-6-15/h1-7,12,16,19H,8-11,13-14H2. The van der Waals surface area contributed by atoms with Crippen molar-refractivity contribution in [2.75, 3.05) is 26.2 Å². The largest absolute Gasteiger partial charge is 0.314 e. The number of nitrogens with one attached hydrogen (secondary N) is 1. The number of carbonyl (C=O) groups is 1. The van der Waals surface area contributed by atoms with Gasteiger partial charge >= 0.3 is 0 Å². The summed E-state index contributed by atoms with van der Waals surface area (Å²) in [5, 5.41) is 5.44. The van der Waals surface area contributed by atoms with Crippen LogP contribution >= 0.6 is 11.3 Å². The third-order valence-electron chi connectivity index (χ3n) is 4.21. The zero-order chi connectivity index (χ0) is 15.2. The monoisotopic (exact) mass is 314 g/mol. The van der Waals surface area contributed by atoms with Crippen LogP contribution in [0.1, 0.15) is 21.7 Å². The average molecular weight is 314 g/mol. The minimum absolute atomic E-state index is 0.270. The van der Waals surface area contributed by atoms with Gasteiger partial charge in [0, 0.05) is 38.6 Å². The fourth-order valence-electron chi connectivity index (χ4n) is 2.99. The van der Waals surface area contributed by atoms with E-state index in [2.05, 4.69) is 40.5 Å². The maximum absolute atomic E-state index is 12.2. The third kappa shape index (κ3) is 4.03. The molecule has 2 aromatic rings. The minimum atomic E-state index is 0.270. The Balaban J connectivity index is 1.57. The molecule has 1 aliphatic rings. The van der Waals surface area contributed by atoms with Crippen molar-refractivity contribution in [2.45, 2.75) is 18.9 Å². The van der Waals surface area contributed by atoms with Crippen LogP contribution in [0, 0.1) is 0 Å². The van der Waals surface area contributed by atoms with Crippen molar-refractivity contribution < 1.29 is 4.79 Å². The van der Waals surface area contributed by atoms with E-state index in [9.17, 15) is 4.79 Å². The molecule has 3 nitrogen and oxygen atoms in total. The molecule has 1 aliphatic heterocycles. The van der Waals surface area contributed by atoms with Crippen LogP contribution < -0.4 is 5.32 Å². The minimum Gasteiger partial charge on any atom is -0.314 e. The molecule has 1 fully saturated rings. The molecule has 1 N–H and O–H groups in total. The number of nitrogens with zero attached hydrogens (tertiary/aromatic N) is 1. The molecule has 4 heteroatoms. The van der Waals surface area contributed by atoms with Gasteiger partial charge in [-0.05, 0) is 23.4 Å².